The third kappa shape index (κ3) is 6.38. The highest BCUT2D eigenvalue weighted by Gasteiger charge is 2.26. The number of amides is 1. The van der Waals surface area contributed by atoms with Crippen molar-refractivity contribution in [3.63, 3.8) is 0 Å². The Balaban J connectivity index is 1.66. The van der Waals surface area contributed by atoms with Crippen LogP contribution < -0.4 is 11.1 Å². The van der Waals surface area contributed by atoms with Crippen LogP contribution in [0.25, 0.3) is 22.4 Å². The number of halogens is 2. The van der Waals surface area contributed by atoms with Crippen LogP contribution in [-0.4, -0.2) is 31.5 Å². The molecule has 4 N–H and O–H groups in total. The number of nitrogens with zero attached hydrogens (tertiary/aromatic N) is 4. The number of fused-ring (bicyclic) bond motifs is 1. The third-order valence-corrected chi connectivity index (χ3v) is 7.70. The Hall–Kier alpha value is -4.31. The van der Waals surface area contributed by atoms with Gasteiger partial charge in [0.2, 0.25) is 11.8 Å². The van der Waals surface area contributed by atoms with Crippen molar-refractivity contribution in [2.24, 2.45) is 17.6 Å². The molecular formula is C30H31ClFN7O2. The minimum Gasteiger partial charge on any atom is -0.388 e. The predicted octanol–water partition coefficient (Wildman–Crippen LogP) is 6.87. The lowest BCUT2D eigenvalue weighted by Gasteiger charge is -2.28. The molecule has 1 aliphatic rings. The molecule has 1 atom stereocenters. The lowest BCUT2D eigenvalue weighted by atomic mass is 9.82. The van der Waals surface area contributed by atoms with E-state index >= 15 is 0 Å². The molecule has 1 fully saturated rings. The van der Waals surface area contributed by atoms with Crippen LogP contribution >= 0.6 is 11.6 Å². The second-order valence-corrected chi connectivity index (χ2v) is 10.7. The topological polar surface area (TPSA) is 132 Å². The number of rotatable bonds is 8. The number of carbonyl (C=O) groups excluding carboxylic acids is 1. The first-order valence-corrected chi connectivity index (χ1v) is 13.8. The molecule has 0 bridgehead atoms. The number of primary amides is 1. The maximum atomic E-state index is 14.0. The molecule has 0 aliphatic heterocycles. The lowest BCUT2D eigenvalue weighted by Crippen LogP contribution is -2.21. The van der Waals surface area contributed by atoms with Crippen LogP contribution in [0, 0.1) is 23.1 Å². The fourth-order valence-electron chi connectivity index (χ4n) is 5.33. The summed E-state index contributed by atoms with van der Waals surface area (Å²) in [6.07, 6.45) is 5.07. The third-order valence-electron chi connectivity index (χ3n) is 7.47. The summed E-state index contributed by atoms with van der Waals surface area (Å²) in [6, 6.07) is 13.3. The number of imidazole rings is 1. The molecule has 0 unspecified atom stereocenters. The van der Waals surface area contributed by atoms with Crippen LogP contribution in [0.1, 0.15) is 50.0 Å². The monoisotopic (exact) mass is 575 g/mol. The highest BCUT2D eigenvalue weighted by molar-refractivity contribution is 6.30. The Morgan fingerprint density at radius 3 is 2.66 bits per heavy atom. The number of hydrogen-bond donors (Lipinski definition) is 3. The molecule has 1 aliphatic carbocycles. The molecule has 0 radical (unpaired) electrons. The molecule has 1 saturated carbocycles. The normalized spacial score (nSPS) is 17.6. The maximum absolute atomic E-state index is 14.0. The van der Waals surface area contributed by atoms with Crippen molar-refractivity contribution in [3.05, 3.63) is 83.4 Å². The van der Waals surface area contributed by atoms with Crippen LogP contribution in [0.3, 0.4) is 0 Å². The van der Waals surface area contributed by atoms with Gasteiger partial charge in [-0.05, 0) is 74.3 Å². The largest absolute Gasteiger partial charge is 0.411 e. The highest BCUT2D eigenvalue weighted by Crippen LogP contribution is 2.36. The van der Waals surface area contributed by atoms with Crippen molar-refractivity contribution < 1.29 is 13.9 Å². The van der Waals surface area contributed by atoms with Crippen LogP contribution in [0.4, 0.5) is 15.1 Å². The van der Waals surface area contributed by atoms with Gasteiger partial charge in [0, 0.05) is 17.1 Å². The minimum atomic E-state index is -1.14. The number of hydrogen-bond acceptors (Lipinski definition) is 7. The maximum Gasteiger partial charge on any atom is 0.411 e. The molecular weight excluding hydrogens is 545 g/mol. The molecule has 2 aromatic heterocycles. The van der Waals surface area contributed by atoms with Gasteiger partial charge in [0.05, 0.1) is 6.04 Å². The fraction of sp³-hybridized carbons (Fsp3) is 0.300. The second-order valence-electron chi connectivity index (χ2n) is 10.3. The summed E-state index contributed by atoms with van der Waals surface area (Å²) in [5.41, 5.74) is 8.01. The van der Waals surface area contributed by atoms with E-state index in [1.165, 1.54) is 12.1 Å². The van der Waals surface area contributed by atoms with E-state index in [-0.39, 0.29) is 17.7 Å². The van der Waals surface area contributed by atoms with Crippen LogP contribution in [0.2, 0.25) is 5.02 Å². The van der Waals surface area contributed by atoms with Gasteiger partial charge in [0.25, 0.3) is 5.90 Å². The molecule has 5 rings (SSSR count). The zero-order chi connectivity index (χ0) is 29.1. The summed E-state index contributed by atoms with van der Waals surface area (Å²) in [6.45, 7) is 6.54. The van der Waals surface area contributed by atoms with E-state index in [0.29, 0.717) is 51.8 Å². The number of ether oxygens (including phenoxy) is 1. The Labute approximate surface area is 242 Å². The van der Waals surface area contributed by atoms with E-state index < -0.39 is 12.0 Å². The van der Waals surface area contributed by atoms with Crippen molar-refractivity contribution in [1.82, 2.24) is 19.5 Å². The van der Waals surface area contributed by atoms with Gasteiger partial charge in [-0.1, -0.05) is 41.9 Å². The summed E-state index contributed by atoms with van der Waals surface area (Å²) in [4.78, 5) is 25.3. The Morgan fingerprint density at radius 2 is 1.98 bits per heavy atom. The summed E-state index contributed by atoms with van der Waals surface area (Å²) in [5.74, 6) is 0.349. The molecule has 0 saturated heterocycles. The van der Waals surface area contributed by atoms with Crippen molar-refractivity contribution >= 4 is 40.7 Å². The van der Waals surface area contributed by atoms with E-state index in [9.17, 15) is 9.18 Å². The van der Waals surface area contributed by atoms with E-state index in [0.717, 1.165) is 31.2 Å². The number of nitrogens with one attached hydrogen (secondary N) is 2. The number of carbonyl (C=O) groups is 1. The summed E-state index contributed by atoms with van der Waals surface area (Å²) < 4.78 is 20.9. The van der Waals surface area contributed by atoms with Gasteiger partial charge in [0.1, 0.15) is 17.0 Å². The van der Waals surface area contributed by atoms with E-state index in [1.807, 2.05) is 25.1 Å². The first-order valence-electron chi connectivity index (χ1n) is 13.5. The van der Waals surface area contributed by atoms with E-state index in [2.05, 4.69) is 26.4 Å². The number of anilines is 1. The SMILES string of the molecule is C=C[C@H]1CC[C@H](Cn2c(N[C@@H](C)c3cccc(F)c3)nc3nc(C(=N)OC(N)=O)nc(-c4cccc(Cl)c4)c32)CC1. The van der Waals surface area contributed by atoms with Crippen LogP contribution in [0.15, 0.2) is 61.2 Å². The molecule has 212 valence electrons. The van der Waals surface area contributed by atoms with Gasteiger partial charge in [0.15, 0.2) is 5.65 Å². The van der Waals surface area contributed by atoms with Gasteiger partial charge in [-0.3, -0.25) is 5.41 Å². The quantitative estimate of drug-likeness (QED) is 0.119. The standard InChI is InChI=1S/C30H31ClFN7O2/c1-3-18-10-12-19(13-11-18)16-39-25-24(21-7-4-8-22(31)14-21)36-28(26(33)41-29(34)40)37-27(25)38-30(39)35-17(2)20-6-5-9-23(32)15-20/h3-9,14-15,17-19,33H,1,10-13,16H2,2H3,(H2,34,40)(H,35,36,37,38)/t17-,18-,19-/m0/s1. The summed E-state index contributed by atoms with van der Waals surface area (Å²) >= 11 is 6.35. The molecule has 0 spiro atoms. The van der Waals surface area contributed by atoms with Gasteiger partial charge in [-0.15, -0.1) is 6.58 Å². The number of benzene rings is 2. The van der Waals surface area contributed by atoms with Crippen LogP contribution in [0.5, 0.6) is 0 Å². The Morgan fingerprint density at radius 1 is 1.22 bits per heavy atom. The zero-order valence-corrected chi connectivity index (χ0v) is 23.4. The first-order chi connectivity index (χ1) is 19.7. The highest BCUT2D eigenvalue weighted by atomic mass is 35.5. The predicted molar refractivity (Wildman–Crippen MR) is 157 cm³/mol. The van der Waals surface area contributed by atoms with Crippen LogP contribution in [-0.2, 0) is 11.3 Å². The second kappa shape index (κ2) is 12.1. The average molecular weight is 576 g/mol. The molecule has 2 heterocycles. The van der Waals surface area contributed by atoms with Gasteiger partial charge in [-0.2, -0.15) is 4.98 Å². The molecule has 4 aromatic rings. The van der Waals surface area contributed by atoms with E-state index in [4.69, 9.17) is 32.5 Å². The summed E-state index contributed by atoms with van der Waals surface area (Å²) in [7, 11) is 0. The smallest absolute Gasteiger partial charge is 0.388 e. The molecule has 11 heteroatoms. The first kappa shape index (κ1) is 28.2. The van der Waals surface area contributed by atoms with Gasteiger partial charge >= 0.3 is 6.09 Å². The van der Waals surface area contributed by atoms with Crippen molar-refractivity contribution in [3.8, 4) is 11.3 Å². The Kier molecular flexibility index (Phi) is 8.30. The summed E-state index contributed by atoms with van der Waals surface area (Å²) in [5, 5.41) is 12.2. The Bertz CT molecular complexity index is 1610. The molecule has 2 aromatic carbocycles. The molecule has 9 nitrogen and oxygen atoms in total. The fourth-order valence-corrected chi connectivity index (χ4v) is 5.52. The average Bonchev–Trinajstić information content (AvgIpc) is 3.29. The number of aromatic nitrogens is 4. The van der Waals surface area contributed by atoms with Gasteiger partial charge in [-0.25, -0.2) is 19.2 Å². The lowest BCUT2D eigenvalue weighted by molar-refractivity contribution is 0.207. The zero-order valence-electron chi connectivity index (χ0n) is 22.6. The number of nitrogens with two attached hydrogens (primary N) is 1. The molecule has 1 amide bonds. The molecule has 41 heavy (non-hydrogen) atoms. The van der Waals surface area contributed by atoms with Gasteiger partial charge < -0.3 is 20.4 Å². The minimum absolute atomic E-state index is 0.146. The number of allylic oxidation sites excluding steroid dienone is 1. The van der Waals surface area contributed by atoms with Crippen molar-refractivity contribution in [1.29, 1.82) is 5.41 Å². The van der Waals surface area contributed by atoms with Crippen molar-refractivity contribution in [2.45, 2.75) is 45.2 Å². The van der Waals surface area contributed by atoms with Crippen molar-refractivity contribution in [2.75, 3.05) is 5.32 Å². The van der Waals surface area contributed by atoms with E-state index in [1.54, 1.807) is 24.3 Å².